The lowest BCUT2D eigenvalue weighted by molar-refractivity contribution is 0.666. The predicted molar refractivity (Wildman–Crippen MR) is 251 cm³/mol. The van der Waals surface area contributed by atoms with E-state index in [1.165, 1.54) is 5.39 Å². The van der Waals surface area contributed by atoms with Crippen molar-refractivity contribution in [3.8, 4) is 34.4 Å². The minimum Gasteiger partial charge on any atom is -0.456 e. The number of rotatable bonds is 4. The van der Waals surface area contributed by atoms with Crippen LogP contribution >= 0.6 is 0 Å². The van der Waals surface area contributed by atoms with Crippen LogP contribution in [0, 0.1) is 0 Å². The topological polar surface area (TPSA) is 74.8 Å². The molecule has 0 fully saturated rings. The van der Waals surface area contributed by atoms with Crippen LogP contribution in [0.1, 0.15) is 0 Å². The normalized spacial score (nSPS) is 12.2. The van der Waals surface area contributed by atoms with Crippen molar-refractivity contribution in [2.75, 3.05) is 0 Å². The van der Waals surface area contributed by atoms with Gasteiger partial charge in [-0.2, -0.15) is 9.97 Å². The van der Waals surface area contributed by atoms with Gasteiger partial charge in [0.1, 0.15) is 22.4 Å². The van der Waals surface area contributed by atoms with E-state index in [-0.39, 0.29) is 0 Å². The second-order valence-corrected chi connectivity index (χ2v) is 15.9. The molecule has 62 heavy (non-hydrogen) atoms. The van der Waals surface area contributed by atoms with Gasteiger partial charge in [-0.15, -0.1) is 0 Å². The third-order valence-corrected chi connectivity index (χ3v) is 12.6. The highest BCUT2D eigenvalue weighted by Gasteiger charge is 2.26. The number of aromatic nitrogens is 5. The maximum Gasteiger partial charge on any atom is 0.238 e. The Labute approximate surface area is 352 Å². The summed E-state index contributed by atoms with van der Waals surface area (Å²) in [5.41, 5.74) is 9.79. The van der Waals surface area contributed by atoms with Gasteiger partial charge in [0, 0.05) is 54.2 Å². The first-order valence-corrected chi connectivity index (χ1v) is 20.8. The van der Waals surface area contributed by atoms with E-state index in [1.54, 1.807) is 0 Å². The van der Waals surface area contributed by atoms with Crippen molar-refractivity contribution < 1.29 is 8.83 Å². The molecule has 9 aromatic carbocycles. The third kappa shape index (κ3) is 4.61. The first-order chi connectivity index (χ1) is 30.7. The Bertz CT molecular complexity index is 4130. The van der Waals surface area contributed by atoms with Crippen LogP contribution in [0.3, 0.4) is 0 Å². The first-order valence-electron chi connectivity index (χ1n) is 20.8. The van der Waals surface area contributed by atoms with Gasteiger partial charge in [-0.05, 0) is 71.4 Å². The molecule has 0 N–H and O–H groups in total. The molecular formula is C55H31N5O2. The van der Waals surface area contributed by atoms with E-state index < -0.39 is 0 Å². The fourth-order valence-electron chi connectivity index (χ4n) is 9.88. The molecule has 0 unspecified atom stereocenters. The molecule has 288 valence electrons. The Balaban J connectivity index is 1.15. The summed E-state index contributed by atoms with van der Waals surface area (Å²) in [6, 6.07) is 65.5. The molecular weight excluding hydrogens is 763 g/mol. The van der Waals surface area contributed by atoms with E-state index >= 15 is 0 Å². The van der Waals surface area contributed by atoms with Gasteiger partial charge in [-0.3, -0.25) is 4.57 Å². The molecule has 0 spiro atoms. The zero-order valence-corrected chi connectivity index (χ0v) is 33.0. The lowest BCUT2D eigenvalue weighted by atomic mass is 10.0. The van der Waals surface area contributed by atoms with Crippen LogP contribution in [0.15, 0.2) is 197 Å². The van der Waals surface area contributed by atoms with Gasteiger partial charge >= 0.3 is 0 Å². The molecule has 5 heterocycles. The van der Waals surface area contributed by atoms with E-state index in [4.69, 9.17) is 23.8 Å². The summed E-state index contributed by atoms with van der Waals surface area (Å²) in [5.74, 6) is 1.56. The molecule has 0 saturated heterocycles. The van der Waals surface area contributed by atoms with E-state index in [1.807, 2.05) is 42.5 Å². The lowest BCUT2D eigenvalue weighted by Crippen LogP contribution is -2.08. The van der Waals surface area contributed by atoms with E-state index in [0.29, 0.717) is 17.6 Å². The second kappa shape index (κ2) is 12.5. The molecule has 5 aromatic heterocycles. The van der Waals surface area contributed by atoms with Crippen LogP contribution in [0.5, 0.6) is 0 Å². The smallest absolute Gasteiger partial charge is 0.238 e. The largest absolute Gasteiger partial charge is 0.456 e. The summed E-state index contributed by atoms with van der Waals surface area (Å²) < 4.78 is 17.9. The minimum absolute atomic E-state index is 0.510. The molecule has 0 amide bonds. The van der Waals surface area contributed by atoms with Crippen molar-refractivity contribution in [3.63, 3.8) is 0 Å². The fourth-order valence-corrected chi connectivity index (χ4v) is 9.88. The molecule has 0 aliphatic rings. The number of hydrogen-bond acceptors (Lipinski definition) is 5. The molecule has 7 heteroatoms. The summed E-state index contributed by atoms with van der Waals surface area (Å²) in [7, 11) is 0. The number of nitrogens with zero attached hydrogens (tertiary/aromatic N) is 5. The molecule has 14 rings (SSSR count). The quantitative estimate of drug-likeness (QED) is 0.177. The second-order valence-electron chi connectivity index (χ2n) is 15.9. The Morgan fingerprint density at radius 3 is 1.61 bits per heavy atom. The highest BCUT2D eigenvalue weighted by atomic mass is 16.3. The average molecular weight is 794 g/mol. The SMILES string of the molecule is c1ccc2cc3c(cc2c1)c1ccccc1n3-c1c(-c2nc(-c3cccc4oc5ccccc5c34)nc(-n3c4ccccc4c4ccccc43)n2)ccc2c1oc1ccccc12. The zero-order valence-electron chi connectivity index (χ0n) is 33.0. The molecule has 0 bridgehead atoms. The highest BCUT2D eigenvalue weighted by Crippen LogP contribution is 2.44. The van der Waals surface area contributed by atoms with Crippen molar-refractivity contribution in [2.45, 2.75) is 0 Å². The van der Waals surface area contributed by atoms with Crippen molar-refractivity contribution in [3.05, 3.63) is 188 Å². The predicted octanol–water partition coefficient (Wildman–Crippen LogP) is 14.4. The number of benzene rings is 9. The summed E-state index contributed by atoms with van der Waals surface area (Å²) in [6.07, 6.45) is 0. The average Bonchev–Trinajstić information content (AvgIpc) is 4.08. The fraction of sp³-hybridized carbons (Fsp3) is 0. The van der Waals surface area contributed by atoms with Gasteiger partial charge in [0.15, 0.2) is 17.2 Å². The number of hydrogen-bond donors (Lipinski definition) is 0. The van der Waals surface area contributed by atoms with Crippen molar-refractivity contribution >= 4 is 98.3 Å². The Kier molecular flexibility index (Phi) is 6.71. The molecule has 7 nitrogen and oxygen atoms in total. The Morgan fingerprint density at radius 1 is 0.339 bits per heavy atom. The Hall–Kier alpha value is -8.55. The van der Waals surface area contributed by atoms with Crippen molar-refractivity contribution in [2.24, 2.45) is 0 Å². The third-order valence-electron chi connectivity index (χ3n) is 12.6. The maximum absolute atomic E-state index is 6.97. The van der Waals surface area contributed by atoms with E-state index in [2.05, 4.69) is 155 Å². The molecule has 0 saturated carbocycles. The van der Waals surface area contributed by atoms with Gasteiger partial charge in [0.05, 0.1) is 22.1 Å². The zero-order chi connectivity index (χ0) is 40.5. The summed E-state index contributed by atoms with van der Waals surface area (Å²) in [4.78, 5) is 16.4. The summed E-state index contributed by atoms with van der Waals surface area (Å²) >= 11 is 0. The molecule has 14 aromatic rings. The van der Waals surface area contributed by atoms with Gasteiger partial charge in [0.2, 0.25) is 5.95 Å². The van der Waals surface area contributed by atoms with Crippen molar-refractivity contribution in [1.29, 1.82) is 0 Å². The summed E-state index contributed by atoms with van der Waals surface area (Å²) in [6.45, 7) is 0. The van der Waals surface area contributed by atoms with Gasteiger partial charge < -0.3 is 13.4 Å². The lowest BCUT2D eigenvalue weighted by Gasteiger charge is -2.16. The van der Waals surface area contributed by atoms with E-state index in [9.17, 15) is 0 Å². The van der Waals surface area contributed by atoms with Crippen LogP contribution in [0.25, 0.3) is 133 Å². The first kappa shape index (κ1) is 33.3. The van der Waals surface area contributed by atoms with E-state index in [0.717, 1.165) is 110 Å². The number of furan rings is 2. The van der Waals surface area contributed by atoms with Gasteiger partial charge in [-0.25, -0.2) is 4.98 Å². The van der Waals surface area contributed by atoms with Gasteiger partial charge in [0.25, 0.3) is 0 Å². The number of fused-ring (bicyclic) bond motifs is 13. The molecule has 0 radical (unpaired) electrons. The van der Waals surface area contributed by atoms with Crippen LogP contribution < -0.4 is 0 Å². The number of para-hydroxylation sites is 5. The monoisotopic (exact) mass is 793 g/mol. The maximum atomic E-state index is 6.97. The standard InChI is InChI=1S/C55H31N5O2/c1-2-15-33-31-46-42(30-32(33)14-1)36-18-5-8-22-43(36)59(46)51-41(29-28-38-37-19-6-11-25-47(37)62-52(38)51)54-56-53(40-21-13-27-49-50(40)39-20-7-12-26-48(39)61-49)57-55(58-54)60-44-23-9-3-16-34(44)35-17-4-10-24-45(35)60/h1-31H. The molecule has 0 aliphatic heterocycles. The highest BCUT2D eigenvalue weighted by molar-refractivity contribution is 6.17. The molecule has 0 atom stereocenters. The van der Waals surface area contributed by atoms with Gasteiger partial charge in [-0.1, -0.05) is 127 Å². The Morgan fingerprint density at radius 2 is 0.887 bits per heavy atom. The van der Waals surface area contributed by atoms with Crippen LogP contribution in [0.2, 0.25) is 0 Å². The summed E-state index contributed by atoms with van der Waals surface area (Å²) in [5, 5.41) is 10.9. The van der Waals surface area contributed by atoms with Crippen LogP contribution in [-0.4, -0.2) is 24.1 Å². The minimum atomic E-state index is 0.510. The van der Waals surface area contributed by atoms with Crippen LogP contribution in [0.4, 0.5) is 0 Å². The van der Waals surface area contributed by atoms with Crippen LogP contribution in [-0.2, 0) is 0 Å². The van der Waals surface area contributed by atoms with Crippen molar-refractivity contribution in [1.82, 2.24) is 24.1 Å². The molecule has 0 aliphatic carbocycles.